The Morgan fingerprint density at radius 1 is 0.760 bits per heavy atom. The first kappa shape index (κ1) is 23.6. The van der Waals surface area contributed by atoms with Gasteiger partial charge in [-0.05, 0) is 44.9 Å². The molecular weight excluding hydrogens is 312 g/mol. The van der Waals surface area contributed by atoms with Crippen molar-refractivity contribution < 1.29 is 14.3 Å². The monoisotopic (exact) mass is 350 g/mol. The summed E-state index contributed by atoms with van der Waals surface area (Å²) in [5, 5.41) is 0. The number of hydrogen-bond acceptors (Lipinski definition) is 3. The minimum atomic E-state index is -0.128. The molecule has 0 N–H and O–H groups in total. The lowest BCUT2D eigenvalue weighted by atomic mass is 10.1. The second kappa shape index (κ2) is 20.7. The van der Waals surface area contributed by atoms with Gasteiger partial charge in [0.25, 0.3) is 0 Å². The molecule has 3 nitrogen and oxygen atoms in total. The summed E-state index contributed by atoms with van der Waals surface area (Å²) in [7, 11) is 0. The van der Waals surface area contributed by atoms with Crippen LogP contribution in [0.25, 0.3) is 0 Å². The van der Waals surface area contributed by atoms with Crippen molar-refractivity contribution in [3.8, 4) is 0 Å². The Morgan fingerprint density at radius 2 is 1.40 bits per heavy atom. The van der Waals surface area contributed by atoms with Crippen molar-refractivity contribution in [2.75, 3.05) is 6.61 Å². The molecule has 0 atom stereocenters. The van der Waals surface area contributed by atoms with Crippen LogP contribution in [0.4, 0.5) is 0 Å². The van der Waals surface area contributed by atoms with Crippen LogP contribution in [0.1, 0.15) is 96.8 Å². The highest BCUT2D eigenvalue weighted by molar-refractivity contribution is 5.69. The zero-order chi connectivity index (χ0) is 18.4. The normalized spacial score (nSPS) is 11.4. The van der Waals surface area contributed by atoms with E-state index in [0.717, 1.165) is 32.0 Å². The van der Waals surface area contributed by atoms with E-state index < -0.39 is 0 Å². The smallest absolute Gasteiger partial charge is 0.305 e. The fraction of sp³-hybridized carbons (Fsp3) is 0.727. The van der Waals surface area contributed by atoms with Gasteiger partial charge in [-0.15, -0.1) is 0 Å². The molecule has 0 heterocycles. The molecule has 0 amide bonds. The number of carbonyl (C=O) groups is 2. The third-order valence-corrected chi connectivity index (χ3v) is 4.06. The highest BCUT2D eigenvalue weighted by atomic mass is 16.5. The number of carbonyl (C=O) groups excluding carboxylic acids is 2. The molecule has 0 aliphatic heterocycles. The van der Waals surface area contributed by atoms with Gasteiger partial charge in [-0.1, -0.05) is 63.3 Å². The summed E-state index contributed by atoms with van der Waals surface area (Å²) in [5.74, 6) is -0.128. The fourth-order valence-corrected chi connectivity index (χ4v) is 2.51. The molecule has 0 radical (unpaired) electrons. The van der Waals surface area contributed by atoms with Crippen molar-refractivity contribution in [3.05, 3.63) is 24.3 Å². The largest absolute Gasteiger partial charge is 0.466 e. The molecule has 3 heteroatoms. The number of ether oxygens (including phenoxy) is 1. The zero-order valence-corrected chi connectivity index (χ0v) is 16.2. The van der Waals surface area contributed by atoms with Crippen molar-refractivity contribution in [2.45, 2.75) is 96.8 Å². The van der Waals surface area contributed by atoms with E-state index in [1.165, 1.54) is 44.9 Å². The number of unbranched alkanes of at least 4 members (excludes halogenated alkanes) is 9. The maximum Gasteiger partial charge on any atom is 0.305 e. The summed E-state index contributed by atoms with van der Waals surface area (Å²) in [6.07, 6.45) is 24.6. The van der Waals surface area contributed by atoms with Crippen molar-refractivity contribution in [1.29, 1.82) is 0 Å². The average Bonchev–Trinajstić information content (AvgIpc) is 2.62. The standard InChI is InChI=1S/C22H38O3/c1-2-3-4-5-6-7-8-9-10-11-12-13-14-15-16-19-22(24)25-21-18-17-20-23/h6-7,9-10,20H,2-5,8,11-19,21H2,1H3/b7-6-,10-9-. The van der Waals surface area contributed by atoms with E-state index in [1.54, 1.807) is 0 Å². The Morgan fingerprint density at radius 3 is 2.08 bits per heavy atom. The molecule has 25 heavy (non-hydrogen) atoms. The summed E-state index contributed by atoms with van der Waals surface area (Å²) in [6.45, 7) is 2.61. The summed E-state index contributed by atoms with van der Waals surface area (Å²) in [6, 6.07) is 0. The van der Waals surface area contributed by atoms with Gasteiger partial charge >= 0.3 is 5.97 Å². The van der Waals surface area contributed by atoms with E-state index in [1.807, 2.05) is 0 Å². The first-order valence-corrected chi connectivity index (χ1v) is 10.2. The van der Waals surface area contributed by atoms with Gasteiger partial charge in [0, 0.05) is 12.8 Å². The van der Waals surface area contributed by atoms with Crippen LogP contribution < -0.4 is 0 Å². The van der Waals surface area contributed by atoms with Crippen LogP contribution in [-0.4, -0.2) is 18.9 Å². The predicted octanol–water partition coefficient (Wildman–Crippen LogP) is 6.32. The number of esters is 1. The van der Waals surface area contributed by atoms with E-state index in [-0.39, 0.29) is 5.97 Å². The third kappa shape index (κ3) is 20.6. The third-order valence-electron chi connectivity index (χ3n) is 4.06. The first-order valence-electron chi connectivity index (χ1n) is 10.2. The maximum absolute atomic E-state index is 11.4. The van der Waals surface area contributed by atoms with Gasteiger partial charge in [0.1, 0.15) is 6.29 Å². The molecule has 0 bridgehead atoms. The van der Waals surface area contributed by atoms with Gasteiger partial charge < -0.3 is 9.53 Å². The van der Waals surface area contributed by atoms with Crippen LogP contribution in [-0.2, 0) is 14.3 Å². The van der Waals surface area contributed by atoms with Crippen LogP contribution in [0.5, 0.6) is 0 Å². The fourth-order valence-electron chi connectivity index (χ4n) is 2.51. The molecule has 0 aromatic heterocycles. The molecule has 0 spiro atoms. The van der Waals surface area contributed by atoms with E-state index in [0.29, 0.717) is 25.9 Å². The van der Waals surface area contributed by atoms with Gasteiger partial charge in [0.05, 0.1) is 6.61 Å². The van der Waals surface area contributed by atoms with Crippen LogP contribution in [0.3, 0.4) is 0 Å². The Bertz CT molecular complexity index is 358. The minimum Gasteiger partial charge on any atom is -0.466 e. The minimum absolute atomic E-state index is 0.128. The van der Waals surface area contributed by atoms with E-state index in [2.05, 4.69) is 31.2 Å². The first-order chi connectivity index (χ1) is 12.3. The zero-order valence-electron chi connectivity index (χ0n) is 16.2. The lowest BCUT2D eigenvalue weighted by Gasteiger charge is -2.03. The second-order valence-electron chi connectivity index (χ2n) is 6.51. The van der Waals surface area contributed by atoms with Gasteiger partial charge in [-0.3, -0.25) is 4.79 Å². The summed E-state index contributed by atoms with van der Waals surface area (Å²) >= 11 is 0. The highest BCUT2D eigenvalue weighted by Gasteiger charge is 2.01. The van der Waals surface area contributed by atoms with Gasteiger partial charge in [0.15, 0.2) is 0 Å². The second-order valence-corrected chi connectivity index (χ2v) is 6.51. The lowest BCUT2D eigenvalue weighted by molar-refractivity contribution is -0.144. The molecule has 144 valence electrons. The Labute approximate surface area is 154 Å². The van der Waals surface area contributed by atoms with Crippen molar-refractivity contribution in [2.24, 2.45) is 0 Å². The molecule has 0 aliphatic carbocycles. The molecular formula is C22H38O3. The highest BCUT2D eigenvalue weighted by Crippen LogP contribution is 2.08. The number of rotatable bonds is 18. The number of aldehydes is 1. The SMILES string of the molecule is CCCCC/C=C\C/C=C\CCCCCCCC(=O)OCCCC=O. The van der Waals surface area contributed by atoms with Crippen LogP contribution in [0.2, 0.25) is 0 Å². The van der Waals surface area contributed by atoms with E-state index in [4.69, 9.17) is 4.74 Å². The molecule has 0 aromatic rings. The van der Waals surface area contributed by atoms with Gasteiger partial charge in [0.2, 0.25) is 0 Å². The summed E-state index contributed by atoms with van der Waals surface area (Å²) < 4.78 is 5.05. The van der Waals surface area contributed by atoms with Crippen LogP contribution in [0.15, 0.2) is 24.3 Å². The Kier molecular flexibility index (Phi) is 19.5. The van der Waals surface area contributed by atoms with Crippen molar-refractivity contribution in [1.82, 2.24) is 0 Å². The van der Waals surface area contributed by atoms with Gasteiger partial charge in [-0.25, -0.2) is 0 Å². The Balaban J connectivity index is 3.26. The van der Waals surface area contributed by atoms with Gasteiger partial charge in [-0.2, -0.15) is 0 Å². The van der Waals surface area contributed by atoms with Crippen molar-refractivity contribution >= 4 is 12.3 Å². The maximum atomic E-state index is 11.4. The topological polar surface area (TPSA) is 43.4 Å². The molecule has 0 saturated heterocycles. The molecule has 0 unspecified atom stereocenters. The molecule has 0 saturated carbocycles. The molecule has 0 fully saturated rings. The predicted molar refractivity (Wildman–Crippen MR) is 106 cm³/mol. The molecule has 0 rings (SSSR count). The molecule has 0 aliphatic rings. The average molecular weight is 351 g/mol. The lowest BCUT2D eigenvalue weighted by Crippen LogP contribution is -2.05. The van der Waals surface area contributed by atoms with Crippen LogP contribution in [0, 0.1) is 0 Å². The number of allylic oxidation sites excluding steroid dienone is 4. The van der Waals surface area contributed by atoms with E-state index >= 15 is 0 Å². The summed E-state index contributed by atoms with van der Waals surface area (Å²) in [4.78, 5) is 21.5. The summed E-state index contributed by atoms with van der Waals surface area (Å²) in [5.41, 5.74) is 0. The quantitative estimate of drug-likeness (QED) is 0.126. The van der Waals surface area contributed by atoms with Crippen molar-refractivity contribution in [3.63, 3.8) is 0 Å². The Hall–Kier alpha value is -1.38. The molecule has 0 aromatic carbocycles. The number of hydrogen-bond donors (Lipinski definition) is 0. The van der Waals surface area contributed by atoms with Crippen LogP contribution >= 0.6 is 0 Å². The van der Waals surface area contributed by atoms with E-state index in [9.17, 15) is 9.59 Å².